The van der Waals surface area contributed by atoms with Gasteiger partial charge in [0.25, 0.3) is 0 Å². The monoisotopic (exact) mass is 490 g/mol. The number of hydrogen-bond acceptors (Lipinski definition) is 5. The van der Waals surface area contributed by atoms with Crippen LogP contribution in [0.15, 0.2) is 60.3 Å². The minimum Gasteiger partial charge on any atom is -0.481 e. The van der Waals surface area contributed by atoms with E-state index in [2.05, 4.69) is 22.1 Å². The van der Waals surface area contributed by atoms with E-state index in [0.717, 1.165) is 11.1 Å². The summed E-state index contributed by atoms with van der Waals surface area (Å²) >= 11 is 13.5. The minimum atomic E-state index is -0.394. The Morgan fingerprint density at radius 1 is 1.25 bits per heavy atom. The van der Waals surface area contributed by atoms with Crippen LogP contribution in [0.5, 0.6) is 5.75 Å². The number of benzene rings is 2. The molecule has 6 nitrogen and oxygen atoms in total. The molecule has 0 fully saturated rings. The molecule has 0 spiro atoms. The third-order valence-electron chi connectivity index (χ3n) is 4.55. The highest BCUT2D eigenvalue weighted by atomic mass is 35.5. The van der Waals surface area contributed by atoms with Crippen molar-refractivity contribution in [2.75, 3.05) is 5.75 Å². The second-order valence-electron chi connectivity index (χ2n) is 7.13. The molecule has 168 valence electrons. The van der Waals surface area contributed by atoms with Gasteiger partial charge in [-0.05, 0) is 49.2 Å². The quantitative estimate of drug-likeness (QED) is 0.294. The van der Waals surface area contributed by atoms with Gasteiger partial charge < -0.3 is 10.1 Å². The molecule has 3 rings (SSSR count). The van der Waals surface area contributed by atoms with Crippen LogP contribution in [0.4, 0.5) is 0 Å². The van der Waals surface area contributed by atoms with Gasteiger partial charge in [-0.15, -0.1) is 16.8 Å². The fourth-order valence-electron chi connectivity index (χ4n) is 2.94. The van der Waals surface area contributed by atoms with Gasteiger partial charge in [-0.3, -0.25) is 9.36 Å². The van der Waals surface area contributed by atoms with Gasteiger partial charge in [-0.25, -0.2) is 0 Å². The summed E-state index contributed by atoms with van der Waals surface area (Å²) in [6.45, 7) is 8.60. The molecule has 1 aromatic heterocycles. The average molecular weight is 491 g/mol. The Bertz CT molecular complexity index is 1090. The third-order valence-corrected chi connectivity index (χ3v) is 6.08. The molecule has 32 heavy (non-hydrogen) atoms. The molecule has 0 aliphatic rings. The van der Waals surface area contributed by atoms with Crippen LogP contribution >= 0.6 is 35.0 Å². The predicted molar refractivity (Wildman–Crippen MR) is 129 cm³/mol. The molecule has 0 aliphatic heterocycles. The standard InChI is InChI=1S/C23H24Cl2N4O2S/c1-4-11-29-22(16(3)31-20-12-15(2)5-10-19(20)25)27-28-23(29)32-14-21(30)26-13-17-6-8-18(24)9-7-17/h4-10,12,16H,1,11,13-14H2,2-3H3,(H,26,30). The lowest BCUT2D eigenvalue weighted by Gasteiger charge is -2.17. The number of nitrogens with zero attached hydrogens (tertiary/aromatic N) is 3. The smallest absolute Gasteiger partial charge is 0.230 e. The second-order valence-corrected chi connectivity index (χ2v) is 8.91. The van der Waals surface area contributed by atoms with Crippen molar-refractivity contribution >= 4 is 40.9 Å². The van der Waals surface area contributed by atoms with Crippen LogP contribution in [-0.4, -0.2) is 26.4 Å². The van der Waals surface area contributed by atoms with E-state index in [4.69, 9.17) is 27.9 Å². The lowest BCUT2D eigenvalue weighted by Crippen LogP contribution is -2.24. The van der Waals surface area contributed by atoms with Crippen LogP contribution in [0.2, 0.25) is 10.0 Å². The Hall–Kier alpha value is -2.48. The number of carbonyl (C=O) groups is 1. The van der Waals surface area contributed by atoms with E-state index in [-0.39, 0.29) is 11.7 Å². The van der Waals surface area contributed by atoms with Gasteiger partial charge in [-0.1, -0.05) is 59.2 Å². The zero-order valence-corrected chi connectivity index (χ0v) is 20.2. The molecule has 0 saturated carbocycles. The van der Waals surface area contributed by atoms with Crippen molar-refractivity contribution in [3.05, 3.63) is 82.1 Å². The maximum atomic E-state index is 12.3. The van der Waals surface area contributed by atoms with Crippen LogP contribution in [0.1, 0.15) is 30.0 Å². The summed E-state index contributed by atoms with van der Waals surface area (Å²) in [6, 6.07) is 13.0. The lowest BCUT2D eigenvalue weighted by atomic mass is 10.2. The molecule has 0 saturated heterocycles. The molecule has 1 N–H and O–H groups in total. The molecule has 0 radical (unpaired) electrons. The molecule has 3 aromatic rings. The van der Waals surface area contributed by atoms with E-state index in [1.165, 1.54) is 11.8 Å². The first kappa shape index (κ1) is 24.2. The van der Waals surface area contributed by atoms with Crippen molar-refractivity contribution in [3.8, 4) is 5.75 Å². The molecule has 0 aliphatic carbocycles. The van der Waals surface area contributed by atoms with Crippen molar-refractivity contribution in [3.63, 3.8) is 0 Å². The molecular formula is C23H24Cl2N4O2S. The summed E-state index contributed by atoms with van der Waals surface area (Å²) in [6.07, 6.45) is 1.36. The molecule has 2 aromatic carbocycles. The highest BCUT2D eigenvalue weighted by Gasteiger charge is 2.20. The van der Waals surface area contributed by atoms with Crippen LogP contribution in [0.3, 0.4) is 0 Å². The molecule has 1 amide bonds. The largest absolute Gasteiger partial charge is 0.481 e. The minimum absolute atomic E-state index is 0.101. The zero-order valence-electron chi connectivity index (χ0n) is 17.8. The number of thioether (sulfide) groups is 1. The van der Waals surface area contributed by atoms with Crippen molar-refractivity contribution in [1.82, 2.24) is 20.1 Å². The fourth-order valence-corrected chi connectivity index (χ4v) is 4.01. The van der Waals surface area contributed by atoms with Crippen molar-refractivity contribution in [1.29, 1.82) is 0 Å². The Labute approximate surface area is 202 Å². The number of amides is 1. The van der Waals surface area contributed by atoms with Crippen molar-refractivity contribution < 1.29 is 9.53 Å². The molecule has 0 bridgehead atoms. The van der Waals surface area contributed by atoms with Gasteiger partial charge in [0.05, 0.1) is 10.8 Å². The molecule has 1 atom stereocenters. The molecule has 1 heterocycles. The highest BCUT2D eigenvalue weighted by Crippen LogP contribution is 2.30. The summed E-state index contributed by atoms with van der Waals surface area (Å²) in [5, 5.41) is 13.3. The van der Waals surface area contributed by atoms with E-state index in [0.29, 0.717) is 39.9 Å². The first-order valence-corrected chi connectivity index (χ1v) is 11.7. The van der Waals surface area contributed by atoms with Gasteiger partial charge >= 0.3 is 0 Å². The number of halogens is 2. The Morgan fingerprint density at radius 3 is 2.72 bits per heavy atom. The van der Waals surface area contributed by atoms with Gasteiger partial charge in [0.2, 0.25) is 5.91 Å². The first-order chi connectivity index (χ1) is 15.4. The Balaban J connectivity index is 1.63. The number of aryl methyl sites for hydroxylation is 1. The number of carbonyl (C=O) groups excluding carboxylic acids is 1. The van der Waals surface area contributed by atoms with Gasteiger partial charge in [0.1, 0.15) is 5.75 Å². The number of allylic oxidation sites excluding steroid dienone is 1. The van der Waals surface area contributed by atoms with E-state index in [1.54, 1.807) is 24.3 Å². The first-order valence-electron chi connectivity index (χ1n) is 9.98. The molecule has 1 unspecified atom stereocenters. The molecule has 9 heteroatoms. The van der Waals surface area contributed by atoms with Crippen LogP contribution in [-0.2, 0) is 17.9 Å². The average Bonchev–Trinajstić information content (AvgIpc) is 3.17. The fraction of sp³-hybridized carbons (Fsp3) is 0.261. The van der Waals surface area contributed by atoms with Gasteiger partial charge in [0, 0.05) is 18.1 Å². The van der Waals surface area contributed by atoms with E-state index in [9.17, 15) is 4.79 Å². The van der Waals surface area contributed by atoms with E-state index < -0.39 is 6.10 Å². The topological polar surface area (TPSA) is 69.0 Å². The van der Waals surface area contributed by atoms with Crippen molar-refractivity contribution in [2.24, 2.45) is 0 Å². The van der Waals surface area contributed by atoms with E-state index in [1.807, 2.05) is 42.7 Å². The SMILES string of the molecule is C=CCn1c(SCC(=O)NCc2ccc(Cl)cc2)nnc1C(C)Oc1cc(C)ccc1Cl. The number of hydrogen-bond donors (Lipinski definition) is 1. The maximum Gasteiger partial charge on any atom is 0.230 e. The second kappa shape index (κ2) is 11.4. The Kier molecular flexibility index (Phi) is 8.61. The third kappa shape index (κ3) is 6.51. The lowest BCUT2D eigenvalue weighted by molar-refractivity contribution is -0.118. The van der Waals surface area contributed by atoms with Gasteiger partial charge in [-0.2, -0.15) is 0 Å². The van der Waals surface area contributed by atoms with Crippen LogP contribution < -0.4 is 10.1 Å². The number of aromatic nitrogens is 3. The molecular weight excluding hydrogens is 467 g/mol. The number of rotatable bonds is 10. The summed E-state index contributed by atoms with van der Waals surface area (Å²) < 4.78 is 7.93. The summed E-state index contributed by atoms with van der Waals surface area (Å²) in [5.74, 6) is 1.33. The maximum absolute atomic E-state index is 12.3. The number of ether oxygens (including phenoxy) is 1. The summed E-state index contributed by atoms with van der Waals surface area (Å²) in [7, 11) is 0. The van der Waals surface area contributed by atoms with E-state index >= 15 is 0 Å². The summed E-state index contributed by atoms with van der Waals surface area (Å²) in [4.78, 5) is 12.3. The summed E-state index contributed by atoms with van der Waals surface area (Å²) in [5.41, 5.74) is 2.02. The van der Waals surface area contributed by atoms with Crippen LogP contribution in [0, 0.1) is 6.92 Å². The normalized spacial score (nSPS) is 11.8. The highest BCUT2D eigenvalue weighted by molar-refractivity contribution is 7.99. The van der Waals surface area contributed by atoms with Crippen molar-refractivity contribution in [2.45, 2.75) is 38.2 Å². The van der Waals surface area contributed by atoms with Crippen LogP contribution in [0.25, 0.3) is 0 Å². The van der Waals surface area contributed by atoms with Gasteiger partial charge in [0.15, 0.2) is 17.1 Å². The zero-order chi connectivity index (χ0) is 23.1. The predicted octanol–water partition coefficient (Wildman–Crippen LogP) is 5.63. The Morgan fingerprint density at radius 2 is 2.00 bits per heavy atom. The number of nitrogens with one attached hydrogen (secondary N) is 1.